The van der Waals surface area contributed by atoms with Crippen LogP contribution in [0.2, 0.25) is 0 Å². The number of nitrogens with one attached hydrogen (secondary N) is 1. The Kier molecular flexibility index (Phi) is 7.66. The van der Waals surface area contributed by atoms with Crippen molar-refractivity contribution >= 4 is 35.6 Å². The summed E-state index contributed by atoms with van der Waals surface area (Å²) in [6, 6.07) is 8.25. The van der Waals surface area contributed by atoms with Crippen molar-refractivity contribution in [2.75, 3.05) is 12.9 Å². The first-order valence-electron chi connectivity index (χ1n) is 9.18. The van der Waals surface area contributed by atoms with Crippen LogP contribution in [0.25, 0.3) is 0 Å². The van der Waals surface area contributed by atoms with Gasteiger partial charge in [0, 0.05) is 12.2 Å². The van der Waals surface area contributed by atoms with E-state index in [1.54, 1.807) is 20.8 Å². The van der Waals surface area contributed by atoms with Gasteiger partial charge in [-0.1, -0.05) is 30.3 Å². The molecule has 0 spiro atoms. The van der Waals surface area contributed by atoms with E-state index in [4.69, 9.17) is 9.47 Å². The van der Waals surface area contributed by atoms with E-state index >= 15 is 0 Å². The first-order valence-corrected chi connectivity index (χ1v) is 10.2. The van der Waals surface area contributed by atoms with Crippen molar-refractivity contribution in [1.29, 1.82) is 0 Å². The van der Waals surface area contributed by atoms with Gasteiger partial charge in [-0.25, -0.2) is 9.59 Å². The van der Waals surface area contributed by atoms with Crippen LogP contribution in [0, 0.1) is 0 Å². The highest BCUT2D eigenvalue weighted by Crippen LogP contribution is 2.27. The molecule has 0 bridgehead atoms. The van der Waals surface area contributed by atoms with E-state index in [2.05, 4.69) is 5.32 Å². The lowest BCUT2D eigenvalue weighted by Crippen LogP contribution is -2.46. The molecule has 1 fully saturated rings. The normalized spacial score (nSPS) is 17.8. The Morgan fingerprint density at radius 3 is 2.48 bits per heavy atom. The second-order valence-corrected chi connectivity index (χ2v) is 8.79. The second kappa shape index (κ2) is 9.78. The Morgan fingerprint density at radius 1 is 1.24 bits per heavy atom. The molecular weight excluding hydrogens is 396 g/mol. The molecule has 0 radical (unpaired) electrons. The lowest BCUT2D eigenvalue weighted by molar-refractivity contribution is -0.142. The molecule has 29 heavy (non-hydrogen) atoms. The molecule has 1 heterocycles. The standard InChI is InChI=1S/C20H26N2O6S/c1-20(2,3)28-19(26)21-14(18(25)27-4)12-29-15-10-16(23)22(17(15)24)11-13-8-6-5-7-9-13/h5-9,14-15H,10-12H2,1-4H3,(H,21,26)/t14-,15?/m0/s1. The molecule has 8 nitrogen and oxygen atoms in total. The maximum Gasteiger partial charge on any atom is 0.408 e. The van der Waals surface area contributed by atoms with Crippen LogP contribution in [-0.2, 0) is 30.4 Å². The van der Waals surface area contributed by atoms with Gasteiger partial charge in [0.15, 0.2) is 0 Å². The van der Waals surface area contributed by atoms with Crippen LogP contribution >= 0.6 is 11.8 Å². The number of benzene rings is 1. The number of likely N-dealkylation sites (tertiary alicyclic amines) is 1. The number of esters is 1. The third-order valence-electron chi connectivity index (χ3n) is 4.03. The number of amides is 3. The Labute approximate surface area is 174 Å². The topological polar surface area (TPSA) is 102 Å². The van der Waals surface area contributed by atoms with Crippen molar-refractivity contribution < 1.29 is 28.7 Å². The molecule has 0 aromatic heterocycles. The zero-order chi connectivity index (χ0) is 21.6. The van der Waals surface area contributed by atoms with Crippen molar-refractivity contribution in [3.8, 4) is 0 Å². The summed E-state index contributed by atoms with van der Waals surface area (Å²) in [6.07, 6.45) is -0.704. The number of imide groups is 1. The molecule has 1 N–H and O–H groups in total. The van der Waals surface area contributed by atoms with Gasteiger partial charge in [-0.2, -0.15) is 0 Å². The number of rotatable bonds is 7. The van der Waals surface area contributed by atoms with E-state index in [1.165, 1.54) is 12.0 Å². The first-order chi connectivity index (χ1) is 13.6. The largest absolute Gasteiger partial charge is 0.467 e. The highest BCUT2D eigenvalue weighted by Gasteiger charge is 2.39. The van der Waals surface area contributed by atoms with E-state index in [0.29, 0.717) is 0 Å². The van der Waals surface area contributed by atoms with E-state index in [1.807, 2.05) is 30.3 Å². The van der Waals surface area contributed by atoms with Gasteiger partial charge in [-0.15, -0.1) is 11.8 Å². The summed E-state index contributed by atoms with van der Waals surface area (Å²) in [6.45, 7) is 5.34. The van der Waals surface area contributed by atoms with E-state index < -0.39 is 29.0 Å². The minimum atomic E-state index is -0.995. The van der Waals surface area contributed by atoms with Crippen LogP contribution in [0.3, 0.4) is 0 Å². The van der Waals surface area contributed by atoms with Gasteiger partial charge in [0.25, 0.3) is 0 Å². The second-order valence-electron chi connectivity index (χ2n) is 7.55. The number of carbonyl (C=O) groups excluding carboxylic acids is 4. The predicted octanol–water partition coefficient (Wildman–Crippen LogP) is 2.11. The smallest absolute Gasteiger partial charge is 0.408 e. The fourth-order valence-corrected chi connectivity index (χ4v) is 3.86. The molecule has 1 aliphatic heterocycles. The molecule has 2 atom stereocenters. The third-order valence-corrected chi connectivity index (χ3v) is 5.32. The fraction of sp³-hybridized carbons (Fsp3) is 0.500. The zero-order valence-corrected chi connectivity index (χ0v) is 17.8. The van der Waals surface area contributed by atoms with Crippen molar-refractivity contribution in [3.63, 3.8) is 0 Å². The highest BCUT2D eigenvalue weighted by atomic mass is 32.2. The van der Waals surface area contributed by atoms with Gasteiger partial charge in [0.1, 0.15) is 11.6 Å². The molecule has 1 unspecified atom stereocenters. The molecule has 2 rings (SSSR count). The molecule has 158 valence electrons. The lowest BCUT2D eigenvalue weighted by atomic mass is 10.2. The molecule has 3 amide bonds. The zero-order valence-electron chi connectivity index (χ0n) is 17.0. The Morgan fingerprint density at radius 2 is 1.90 bits per heavy atom. The lowest BCUT2D eigenvalue weighted by Gasteiger charge is -2.23. The quantitative estimate of drug-likeness (QED) is 0.530. The maximum atomic E-state index is 12.6. The predicted molar refractivity (Wildman–Crippen MR) is 108 cm³/mol. The number of ether oxygens (including phenoxy) is 2. The van der Waals surface area contributed by atoms with Crippen LogP contribution < -0.4 is 5.32 Å². The summed E-state index contributed by atoms with van der Waals surface area (Å²) in [5.41, 5.74) is 0.141. The summed E-state index contributed by atoms with van der Waals surface area (Å²) in [4.78, 5) is 50.1. The van der Waals surface area contributed by atoms with Crippen LogP contribution in [-0.4, -0.2) is 58.5 Å². The van der Waals surface area contributed by atoms with Crippen LogP contribution in [0.15, 0.2) is 30.3 Å². The number of thioether (sulfide) groups is 1. The maximum absolute atomic E-state index is 12.6. The van der Waals surface area contributed by atoms with Crippen molar-refractivity contribution in [2.24, 2.45) is 0 Å². The minimum absolute atomic E-state index is 0.0522. The Bertz CT molecular complexity index is 762. The monoisotopic (exact) mass is 422 g/mol. The number of carbonyl (C=O) groups is 4. The van der Waals surface area contributed by atoms with Crippen LogP contribution in [0.1, 0.15) is 32.8 Å². The van der Waals surface area contributed by atoms with Crippen molar-refractivity contribution in [2.45, 2.75) is 50.6 Å². The summed E-state index contributed by atoms with van der Waals surface area (Å²) in [7, 11) is 1.21. The van der Waals surface area contributed by atoms with E-state index in [-0.39, 0.29) is 30.5 Å². The number of nitrogens with zero attached hydrogens (tertiary/aromatic N) is 1. The van der Waals surface area contributed by atoms with Crippen LogP contribution in [0.5, 0.6) is 0 Å². The Hall–Kier alpha value is -2.55. The van der Waals surface area contributed by atoms with Gasteiger partial charge in [-0.3, -0.25) is 14.5 Å². The van der Waals surface area contributed by atoms with Crippen molar-refractivity contribution in [3.05, 3.63) is 35.9 Å². The summed E-state index contributed by atoms with van der Waals surface area (Å²) in [5, 5.41) is 1.85. The summed E-state index contributed by atoms with van der Waals surface area (Å²) in [5.74, 6) is -1.13. The van der Waals surface area contributed by atoms with Crippen molar-refractivity contribution in [1.82, 2.24) is 10.2 Å². The molecule has 1 aromatic rings. The number of hydrogen-bond donors (Lipinski definition) is 1. The molecule has 1 aromatic carbocycles. The molecule has 1 aliphatic rings. The van der Waals surface area contributed by atoms with E-state index in [0.717, 1.165) is 17.3 Å². The van der Waals surface area contributed by atoms with Crippen LogP contribution in [0.4, 0.5) is 4.79 Å². The molecule has 0 saturated carbocycles. The number of hydrogen-bond acceptors (Lipinski definition) is 7. The average molecular weight is 423 g/mol. The van der Waals surface area contributed by atoms with Gasteiger partial charge >= 0.3 is 12.1 Å². The highest BCUT2D eigenvalue weighted by molar-refractivity contribution is 8.00. The Balaban J connectivity index is 1.96. The summed E-state index contributed by atoms with van der Waals surface area (Å²) >= 11 is 1.14. The van der Waals surface area contributed by atoms with Gasteiger partial charge in [-0.05, 0) is 26.3 Å². The SMILES string of the molecule is COC(=O)[C@H](CSC1CC(=O)N(Cc2ccccc2)C1=O)NC(=O)OC(C)(C)C. The first kappa shape index (κ1) is 22.7. The fourth-order valence-electron chi connectivity index (χ4n) is 2.69. The number of methoxy groups -OCH3 is 1. The van der Waals surface area contributed by atoms with Gasteiger partial charge < -0.3 is 14.8 Å². The molecule has 9 heteroatoms. The van der Waals surface area contributed by atoms with E-state index in [9.17, 15) is 19.2 Å². The average Bonchev–Trinajstić information content (AvgIpc) is 2.91. The number of alkyl carbamates (subject to hydrolysis) is 1. The summed E-state index contributed by atoms with van der Waals surface area (Å²) < 4.78 is 9.88. The molecule has 0 aliphatic carbocycles. The molecular formula is C20H26N2O6S. The van der Waals surface area contributed by atoms with Gasteiger partial charge in [0.2, 0.25) is 11.8 Å². The minimum Gasteiger partial charge on any atom is -0.467 e. The third kappa shape index (κ3) is 6.77. The molecule has 1 saturated heterocycles. The van der Waals surface area contributed by atoms with Gasteiger partial charge in [0.05, 0.1) is 18.9 Å².